The fraction of sp³-hybridized carbons (Fsp3) is 0.800. The minimum Gasteiger partial charge on any atom is -0.469 e. The molecule has 1 atom stereocenters. The highest BCUT2D eigenvalue weighted by Gasteiger charge is 2.09. The predicted molar refractivity (Wildman–Crippen MR) is 35.3 cm³/mol. The molecule has 10 heavy (non-hydrogen) atoms. The van der Waals surface area contributed by atoms with Gasteiger partial charge >= 0.3 is 5.43 Å². The lowest BCUT2D eigenvalue weighted by molar-refractivity contribution is 0.127. The van der Waals surface area contributed by atoms with E-state index in [-0.39, 0.29) is 6.10 Å². The number of carbonyl (C=O) groups is 1. The fourth-order valence-electron chi connectivity index (χ4n) is 0.522. The molecule has 1 rings (SSSR count). The van der Waals surface area contributed by atoms with Gasteiger partial charge in [0.15, 0.2) is 0 Å². The first-order chi connectivity index (χ1) is 4.63. The van der Waals surface area contributed by atoms with Gasteiger partial charge in [0, 0.05) is 18.2 Å². The van der Waals surface area contributed by atoms with Gasteiger partial charge in [-0.15, -0.1) is 0 Å². The van der Waals surface area contributed by atoms with Crippen LogP contribution in [0.15, 0.2) is 0 Å². The quantitative estimate of drug-likeness (QED) is 0.522. The minimum absolute atomic E-state index is 0.176. The van der Waals surface area contributed by atoms with E-state index >= 15 is 0 Å². The summed E-state index contributed by atoms with van der Waals surface area (Å²) in [6.07, 6.45) is 0.644. The average molecular weight is 169 g/mol. The van der Waals surface area contributed by atoms with Crippen LogP contribution in [0.2, 0.25) is 0 Å². The topological polar surface area (TPSA) is 66.8 Å². The smallest absolute Gasteiger partial charge is 0.401 e. The van der Waals surface area contributed by atoms with Gasteiger partial charge in [-0.2, -0.15) is 0 Å². The lowest BCUT2D eigenvalue weighted by Crippen LogP contribution is -2.02. The molecule has 1 saturated heterocycles. The molecule has 0 aromatic rings. The summed E-state index contributed by atoms with van der Waals surface area (Å²) in [6, 6.07) is 0. The minimum atomic E-state index is -1.36. The Labute approximate surface area is 63.4 Å². The molecule has 1 heterocycles. The average Bonchev–Trinajstić information content (AvgIpc) is 2.15. The maximum Gasteiger partial charge on any atom is 0.401 e. The number of aliphatic hydroxyl groups excluding tert-OH is 1. The maximum atomic E-state index is 8.77. The van der Waals surface area contributed by atoms with E-state index in [0.717, 1.165) is 13.0 Å². The van der Waals surface area contributed by atoms with Crippen LogP contribution in [0, 0.1) is 0 Å². The fourth-order valence-corrected chi connectivity index (χ4v) is 0.522. The van der Waals surface area contributed by atoms with E-state index in [1.54, 1.807) is 0 Å². The third-order valence-electron chi connectivity index (χ3n) is 0.906. The number of aliphatic hydroxyl groups is 1. The first kappa shape index (κ1) is 9.68. The van der Waals surface area contributed by atoms with Crippen LogP contribution in [0.3, 0.4) is 0 Å². The van der Waals surface area contributed by atoms with Gasteiger partial charge in [-0.1, -0.05) is 0 Å². The Morgan fingerprint density at radius 2 is 2.20 bits per heavy atom. The normalized spacial score (nSPS) is 23.2. The lowest BCUT2D eigenvalue weighted by atomic mass is 10.3. The molecule has 1 aliphatic rings. The molecule has 0 amide bonds. The number of rotatable bonds is 0. The zero-order valence-corrected chi connectivity index (χ0v) is 6.04. The highest BCUT2D eigenvalue weighted by Crippen LogP contribution is 2.00. The van der Waals surface area contributed by atoms with Crippen LogP contribution in [-0.4, -0.2) is 35.0 Å². The molecule has 2 N–H and O–H groups in total. The SMILES string of the molecule is O=C(O)Cl.O[C@H]1CCOC1. The second-order valence-electron chi connectivity index (χ2n) is 1.77. The molecule has 0 unspecified atom stereocenters. The Hall–Kier alpha value is -0.320. The van der Waals surface area contributed by atoms with Crippen molar-refractivity contribution in [2.75, 3.05) is 13.2 Å². The van der Waals surface area contributed by atoms with Crippen LogP contribution in [0.4, 0.5) is 4.79 Å². The highest BCUT2D eigenvalue weighted by molar-refractivity contribution is 6.60. The lowest BCUT2D eigenvalue weighted by Gasteiger charge is -1.89. The highest BCUT2D eigenvalue weighted by atomic mass is 35.5. The molecular weight excluding hydrogens is 160 g/mol. The Morgan fingerprint density at radius 1 is 1.70 bits per heavy atom. The summed E-state index contributed by atoms with van der Waals surface area (Å²) in [4.78, 5) is 8.77. The van der Waals surface area contributed by atoms with Gasteiger partial charge in [-0.05, 0) is 6.42 Å². The number of hydrogen-bond donors (Lipinski definition) is 2. The second kappa shape index (κ2) is 5.46. The summed E-state index contributed by atoms with van der Waals surface area (Å²) in [5.74, 6) is 0. The molecule has 4 nitrogen and oxygen atoms in total. The van der Waals surface area contributed by atoms with Crippen LogP contribution < -0.4 is 0 Å². The zero-order valence-electron chi connectivity index (χ0n) is 5.29. The molecule has 0 aromatic carbocycles. The summed E-state index contributed by atoms with van der Waals surface area (Å²) in [6.45, 7) is 1.28. The third kappa shape index (κ3) is 7.68. The van der Waals surface area contributed by atoms with Crippen molar-refractivity contribution in [2.24, 2.45) is 0 Å². The van der Waals surface area contributed by atoms with Crippen molar-refractivity contribution in [3.05, 3.63) is 0 Å². The van der Waals surface area contributed by atoms with E-state index < -0.39 is 5.43 Å². The molecule has 0 radical (unpaired) electrons. The molecule has 0 spiro atoms. The number of hydrogen-bond acceptors (Lipinski definition) is 3. The van der Waals surface area contributed by atoms with Gasteiger partial charge in [0.2, 0.25) is 0 Å². The predicted octanol–water partition coefficient (Wildman–Crippen LogP) is 0.671. The summed E-state index contributed by atoms with van der Waals surface area (Å²) >= 11 is 4.19. The van der Waals surface area contributed by atoms with Crippen molar-refractivity contribution in [3.8, 4) is 0 Å². The van der Waals surface area contributed by atoms with Crippen LogP contribution >= 0.6 is 11.6 Å². The maximum absolute atomic E-state index is 8.77. The molecule has 5 heteroatoms. The van der Waals surface area contributed by atoms with Gasteiger partial charge in [-0.3, -0.25) is 0 Å². The van der Waals surface area contributed by atoms with E-state index in [9.17, 15) is 0 Å². The van der Waals surface area contributed by atoms with Crippen molar-refractivity contribution in [1.29, 1.82) is 0 Å². The van der Waals surface area contributed by atoms with Crippen LogP contribution in [-0.2, 0) is 4.74 Å². The monoisotopic (exact) mass is 168 g/mol. The molecular formula is C5H9ClO4. The summed E-state index contributed by atoms with van der Waals surface area (Å²) in [5, 5.41) is 15.8. The molecule has 60 valence electrons. The molecule has 1 fully saturated rings. The van der Waals surface area contributed by atoms with E-state index in [4.69, 9.17) is 19.7 Å². The van der Waals surface area contributed by atoms with Gasteiger partial charge < -0.3 is 14.9 Å². The van der Waals surface area contributed by atoms with Crippen molar-refractivity contribution in [3.63, 3.8) is 0 Å². The van der Waals surface area contributed by atoms with E-state index in [1.807, 2.05) is 0 Å². The third-order valence-corrected chi connectivity index (χ3v) is 0.906. The molecule has 0 aliphatic carbocycles. The molecule has 0 bridgehead atoms. The van der Waals surface area contributed by atoms with Crippen molar-refractivity contribution < 1.29 is 19.7 Å². The standard InChI is InChI=1S/C4H8O2.CHClO2/c5-4-1-2-6-3-4;2-1(3)4/h4-5H,1-3H2;(H,3,4)/t4-;/m0./s1. The second-order valence-corrected chi connectivity index (χ2v) is 2.09. The summed E-state index contributed by atoms with van der Waals surface area (Å²) < 4.78 is 4.81. The number of halogens is 1. The van der Waals surface area contributed by atoms with Gasteiger partial charge in [-0.25, -0.2) is 4.79 Å². The first-order valence-corrected chi connectivity index (χ1v) is 3.15. The molecule has 0 saturated carbocycles. The summed E-state index contributed by atoms with van der Waals surface area (Å²) in [5.41, 5.74) is -1.36. The number of ether oxygens (including phenoxy) is 1. The van der Waals surface area contributed by atoms with E-state index in [0.29, 0.717) is 6.61 Å². The van der Waals surface area contributed by atoms with E-state index in [2.05, 4.69) is 11.6 Å². The van der Waals surface area contributed by atoms with Gasteiger partial charge in [0.05, 0.1) is 12.7 Å². The Bertz CT molecular complexity index is 95.8. The first-order valence-electron chi connectivity index (χ1n) is 2.77. The van der Waals surface area contributed by atoms with Gasteiger partial charge in [0.1, 0.15) is 0 Å². The summed E-state index contributed by atoms with van der Waals surface area (Å²) in [7, 11) is 0. The largest absolute Gasteiger partial charge is 0.469 e. The zero-order chi connectivity index (χ0) is 7.98. The van der Waals surface area contributed by atoms with Crippen molar-refractivity contribution in [1.82, 2.24) is 0 Å². The molecule has 0 aromatic heterocycles. The van der Waals surface area contributed by atoms with Crippen LogP contribution in [0.1, 0.15) is 6.42 Å². The van der Waals surface area contributed by atoms with Crippen molar-refractivity contribution >= 4 is 17.0 Å². The van der Waals surface area contributed by atoms with Gasteiger partial charge in [0.25, 0.3) is 0 Å². The van der Waals surface area contributed by atoms with E-state index in [1.165, 1.54) is 0 Å². The molecule has 1 aliphatic heterocycles. The van der Waals surface area contributed by atoms with Crippen LogP contribution in [0.25, 0.3) is 0 Å². The Balaban J connectivity index is 0.000000180. The number of carboxylic acid groups (broad SMARTS) is 1. The Morgan fingerprint density at radius 3 is 2.30 bits per heavy atom. The van der Waals surface area contributed by atoms with Crippen LogP contribution in [0.5, 0.6) is 0 Å². The Kier molecular flexibility index (Phi) is 5.29. The van der Waals surface area contributed by atoms with Crippen molar-refractivity contribution in [2.45, 2.75) is 12.5 Å².